The van der Waals surface area contributed by atoms with E-state index < -0.39 is 17.9 Å². The van der Waals surface area contributed by atoms with Gasteiger partial charge in [0.15, 0.2) is 0 Å². The van der Waals surface area contributed by atoms with Gasteiger partial charge in [0.1, 0.15) is 6.04 Å². The standard InChI is InChI=1S/C10H14N2O5/c13-8(11-6-1-2-6)7-5-17-4-3-12(7)9(14)10(15)16/h6-7H,1-5H2,(H,11,13)(H,15,16). The van der Waals surface area contributed by atoms with Crippen molar-refractivity contribution in [2.24, 2.45) is 0 Å². The Morgan fingerprint density at radius 3 is 2.59 bits per heavy atom. The Morgan fingerprint density at radius 2 is 2.00 bits per heavy atom. The van der Waals surface area contributed by atoms with Crippen LogP contribution in [0.1, 0.15) is 12.8 Å². The number of carboxylic acids is 1. The summed E-state index contributed by atoms with van der Waals surface area (Å²) in [5, 5.41) is 11.4. The molecule has 1 saturated heterocycles. The molecule has 17 heavy (non-hydrogen) atoms. The fourth-order valence-electron chi connectivity index (χ4n) is 1.71. The van der Waals surface area contributed by atoms with E-state index in [0.29, 0.717) is 0 Å². The van der Waals surface area contributed by atoms with E-state index in [2.05, 4.69) is 5.32 Å². The summed E-state index contributed by atoms with van der Waals surface area (Å²) in [4.78, 5) is 34.9. The smallest absolute Gasteiger partial charge is 0.394 e. The number of carboxylic acid groups (broad SMARTS) is 1. The molecule has 2 N–H and O–H groups in total. The zero-order valence-corrected chi connectivity index (χ0v) is 9.22. The lowest BCUT2D eigenvalue weighted by molar-refractivity contribution is -0.162. The van der Waals surface area contributed by atoms with Crippen LogP contribution in [0.4, 0.5) is 0 Å². The number of aliphatic carboxylic acids is 1. The number of hydrogen-bond donors (Lipinski definition) is 2. The second-order valence-electron chi connectivity index (χ2n) is 4.18. The number of rotatable bonds is 2. The van der Waals surface area contributed by atoms with E-state index in [9.17, 15) is 14.4 Å². The van der Waals surface area contributed by atoms with E-state index in [1.807, 2.05) is 0 Å². The minimum Gasteiger partial charge on any atom is -0.474 e. The van der Waals surface area contributed by atoms with E-state index >= 15 is 0 Å². The van der Waals surface area contributed by atoms with Gasteiger partial charge in [0.05, 0.1) is 13.2 Å². The first-order valence-electron chi connectivity index (χ1n) is 5.51. The van der Waals surface area contributed by atoms with Crippen LogP contribution in [0.15, 0.2) is 0 Å². The highest BCUT2D eigenvalue weighted by Crippen LogP contribution is 2.19. The van der Waals surface area contributed by atoms with Gasteiger partial charge in [-0.1, -0.05) is 0 Å². The van der Waals surface area contributed by atoms with Crippen LogP contribution < -0.4 is 5.32 Å². The number of carbonyl (C=O) groups excluding carboxylic acids is 2. The monoisotopic (exact) mass is 242 g/mol. The fourth-order valence-corrected chi connectivity index (χ4v) is 1.71. The molecule has 1 saturated carbocycles. The number of ether oxygens (including phenoxy) is 1. The Kier molecular flexibility index (Phi) is 3.28. The summed E-state index contributed by atoms with van der Waals surface area (Å²) < 4.78 is 5.12. The molecule has 0 radical (unpaired) electrons. The van der Waals surface area contributed by atoms with Crippen molar-refractivity contribution in [2.75, 3.05) is 19.8 Å². The molecule has 1 atom stereocenters. The molecule has 2 rings (SSSR count). The van der Waals surface area contributed by atoms with Crippen molar-refractivity contribution in [3.63, 3.8) is 0 Å². The SMILES string of the molecule is O=C(O)C(=O)N1CCOCC1C(=O)NC1CC1. The first-order valence-corrected chi connectivity index (χ1v) is 5.51. The average molecular weight is 242 g/mol. The zero-order valence-electron chi connectivity index (χ0n) is 9.22. The molecule has 2 aliphatic rings. The molecule has 7 heteroatoms. The number of nitrogens with one attached hydrogen (secondary N) is 1. The van der Waals surface area contributed by atoms with Gasteiger partial charge in [-0.2, -0.15) is 0 Å². The summed E-state index contributed by atoms with van der Waals surface area (Å²) in [6.07, 6.45) is 1.87. The van der Waals surface area contributed by atoms with Crippen LogP contribution in [0, 0.1) is 0 Å². The summed E-state index contributed by atoms with van der Waals surface area (Å²) in [7, 11) is 0. The molecule has 1 unspecified atom stereocenters. The molecular formula is C10H14N2O5. The molecule has 0 aromatic rings. The second-order valence-corrected chi connectivity index (χ2v) is 4.18. The molecule has 0 spiro atoms. The Hall–Kier alpha value is -1.63. The van der Waals surface area contributed by atoms with E-state index in [-0.39, 0.29) is 31.7 Å². The number of carbonyl (C=O) groups is 3. The third kappa shape index (κ3) is 2.73. The molecule has 2 fully saturated rings. The van der Waals surface area contributed by atoms with Crippen LogP contribution in [0.5, 0.6) is 0 Å². The van der Waals surface area contributed by atoms with E-state index in [1.54, 1.807) is 0 Å². The summed E-state index contributed by atoms with van der Waals surface area (Å²) in [6, 6.07) is -0.654. The van der Waals surface area contributed by atoms with Crippen molar-refractivity contribution in [1.29, 1.82) is 0 Å². The van der Waals surface area contributed by atoms with Crippen molar-refractivity contribution in [3.05, 3.63) is 0 Å². The Labute approximate surface area is 97.7 Å². The summed E-state index contributed by atoms with van der Waals surface area (Å²) in [5.74, 6) is -2.93. The van der Waals surface area contributed by atoms with Crippen LogP contribution >= 0.6 is 0 Å². The van der Waals surface area contributed by atoms with Crippen LogP contribution in [-0.2, 0) is 19.1 Å². The highest BCUT2D eigenvalue weighted by Gasteiger charge is 2.37. The van der Waals surface area contributed by atoms with Gasteiger partial charge in [-0.15, -0.1) is 0 Å². The van der Waals surface area contributed by atoms with Crippen LogP contribution in [0.3, 0.4) is 0 Å². The quantitative estimate of drug-likeness (QED) is 0.579. The molecule has 0 aromatic heterocycles. The summed E-state index contributed by atoms with van der Waals surface area (Å²) >= 11 is 0. The lowest BCUT2D eigenvalue weighted by Crippen LogP contribution is -2.57. The lowest BCUT2D eigenvalue weighted by atomic mass is 10.2. The molecule has 1 aliphatic heterocycles. The molecule has 1 aliphatic carbocycles. The van der Waals surface area contributed by atoms with Crippen LogP contribution in [0.25, 0.3) is 0 Å². The normalized spacial score (nSPS) is 24.2. The maximum atomic E-state index is 11.8. The van der Waals surface area contributed by atoms with Gasteiger partial charge in [-0.3, -0.25) is 9.59 Å². The highest BCUT2D eigenvalue weighted by atomic mass is 16.5. The molecule has 0 aromatic carbocycles. The van der Waals surface area contributed by atoms with Crippen molar-refractivity contribution >= 4 is 17.8 Å². The maximum absolute atomic E-state index is 11.8. The van der Waals surface area contributed by atoms with Crippen LogP contribution in [0.2, 0.25) is 0 Å². The van der Waals surface area contributed by atoms with Gasteiger partial charge >= 0.3 is 11.9 Å². The number of hydrogen-bond acceptors (Lipinski definition) is 4. The minimum atomic E-state index is -1.55. The molecule has 94 valence electrons. The summed E-state index contributed by atoms with van der Waals surface area (Å²) in [5.41, 5.74) is 0. The van der Waals surface area contributed by atoms with Crippen molar-refractivity contribution in [2.45, 2.75) is 24.9 Å². The fraction of sp³-hybridized carbons (Fsp3) is 0.700. The van der Waals surface area contributed by atoms with E-state index in [1.165, 1.54) is 0 Å². The third-order valence-corrected chi connectivity index (χ3v) is 2.80. The van der Waals surface area contributed by atoms with E-state index in [0.717, 1.165) is 17.7 Å². The molecule has 1 heterocycles. The van der Waals surface area contributed by atoms with Crippen molar-refractivity contribution in [3.8, 4) is 0 Å². The number of amides is 2. The predicted octanol–water partition coefficient (Wildman–Crippen LogP) is -1.42. The van der Waals surface area contributed by atoms with Gasteiger partial charge in [0, 0.05) is 12.6 Å². The van der Waals surface area contributed by atoms with Crippen molar-refractivity contribution in [1.82, 2.24) is 10.2 Å². The van der Waals surface area contributed by atoms with Crippen LogP contribution in [-0.4, -0.2) is 59.6 Å². The lowest BCUT2D eigenvalue weighted by Gasteiger charge is -2.33. The highest BCUT2D eigenvalue weighted by molar-refractivity contribution is 6.31. The number of morpholine rings is 1. The largest absolute Gasteiger partial charge is 0.474 e. The summed E-state index contributed by atoms with van der Waals surface area (Å²) in [6.45, 7) is 0.442. The Morgan fingerprint density at radius 1 is 1.29 bits per heavy atom. The predicted molar refractivity (Wildman–Crippen MR) is 55.1 cm³/mol. The Balaban J connectivity index is 2.02. The second kappa shape index (κ2) is 4.70. The molecule has 2 amide bonds. The van der Waals surface area contributed by atoms with Gasteiger partial charge in [-0.25, -0.2) is 4.79 Å². The molecule has 0 bridgehead atoms. The zero-order chi connectivity index (χ0) is 12.4. The molecule has 7 nitrogen and oxygen atoms in total. The maximum Gasteiger partial charge on any atom is 0.394 e. The molecular weight excluding hydrogens is 228 g/mol. The van der Waals surface area contributed by atoms with Gasteiger partial charge in [0.25, 0.3) is 0 Å². The third-order valence-electron chi connectivity index (χ3n) is 2.80. The minimum absolute atomic E-state index is 0.0531. The number of nitrogens with zero attached hydrogens (tertiary/aromatic N) is 1. The van der Waals surface area contributed by atoms with Gasteiger partial charge in [0.2, 0.25) is 5.91 Å². The first-order chi connectivity index (χ1) is 8.09. The topological polar surface area (TPSA) is 95.9 Å². The Bertz CT molecular complexity index is 353. The van der Waals surface area contributed by atoms with Crippen molar-refractivity contribution < 1.29 is 24.2 Å². The first kappa shape index (κ1) is 11.8. The average Bonchev–Trinajstić information content (AvgIpc) is 3.11. The van der Waals surface area contributed by atoms with E-state index in [4.69, 9.17) is 9.84 Å². The van der Waals surface area contributed by atoms with Gasteiger partial charge in [-0.05, 0) is 12.8 Å². The van der Waals surface area contributed by atoms with Gasteiger partial charge < -0.3 is 20.1 Å².